The summed E-state index contributed by atoms with van der Waals surface area (Å²) in [5, 5.41) is 6.95. The van der Waals surface area contributed by atoms with E-state index in [-0.39, 0.29) is 12.0 Å². The van der Waals surface area contributed by atoms with Crippen molar-refractivity contribution in [3.05, 3.63) is 235 Å². The van der Waals surface area contributed by atoms with Crippen molar-refractivity contribution in [3.63, 3.8) is 0 Å². The molecular weight excluding hydrogens is 748 g/mol. The third kappa shape index (κ3) is 5.89. The Hall–Kier alpha value is -7.86. The van der Waals surface area contributed by atoms with Crippen molar-refractivity contribution in [2.45, 2.75) is 6.17 Å². The fourth-order valence-corrected chi connectivity index (χ4v) is 9.42. The maximum absolute atomic E-state index is 14.6. The third-order valence-electron chi connectivity index (χ3n) is 12.3. The lowest BCUT2D eigenvalue weighted by Gasteiger charge is -2.22. The molecule has 2 N–H and O–H groups in total. The molecule has 1 unspecified atom stereocenters. The first-order valence-corrected chi connectivity index (χ1v) is 20.8. The summed E-state index contributed by atoms with van der Waals surface area (Å²) < 4.78 is 19.1. The van der Waals surface area contributed by atoms with Gasteiger partial charge in [-0.2, -0.15) is 0 Å². The highest BCUT2D eigenvalue weighted by Crippen LogP contribution is 2.39. The predicted molar refractivity (Wildman–Crippen MR) is 249 cm³/mol. The summed E-state index contributed by atoms with van der Waals surface area (Å²) in [6, 6.07) is 74.1. The van der Waals surface area contributed by atoms with E-state index in [0.717, 1.165) is 77.7 Å². The highest BCUT2D eigenvalue weighted by molar-refractivity contribution is 6.16. The zero-order chi connectivity index (χ0) is 40.4. The van der Waals surface area contributed by atoms with E-state index in [9.17, 15) is 4.39 Å². The number of benzene rings is 9. The van der Waals surface area contributed by atoms with Crippen LogP contribution >= 0.6 is 0 Å². The van der Waals surface area contributed by atoms with Crippen LogP contribution in [-0.4, -0.2) is 14.8 Å². The Morgan fingerprint density at radius 1 is 0.393 bits per heavy atom. The van der Waals surface area contributed by atoms with Gasteiger partial charge in [-0.1, -0.05) is 127 Å². The summed E-state index contributed by atoms with van der Waals surface area (Å²) in [7, 11) is 0. The zero-order valence-corrected chi connectivity index (χ0v) is 33.1. The van der Waals surface area contributed by atoms with Gasteiger partial charge in [0.1, 0.15) is 11.5 Å². The van der Waals surface area contributed by atoms with E-state index in [1.54, 1.807) is 12.1 Å². The van der Waals surface area contributed by atoms with Crippen molar-refractivity contribution >= 4 is 55.0 Å². The van der Waals surface area contributed by atoms with Gasteiger partial charge in [0, 0.05) is 44.0 Å². The second-order valence-corrected chi connectivity index (χ2v) is 15.9. The van der Waals surface area contributed by atoms with Crippen LogP contribution in [0.4, 0.5) is 10.1 Å². The van der Waals surface area contributed by atoms with E-state index in [0.29, 0.717) is 0 Å². The molecule has 0 saturated heterocycles. The van der Waals surface area contributed by atoms with E-state index in [4.69, 9.17) is 4.99 Å². The zero-order valence-electron chi connectivity index (χ0n) is 33.1. The largest absolute Gasteiger partial charge is 0.309 e. The van der Waals surface area contributed by atoms with Gasteiger partial charge in [-0.05, 0) is 107 Å². The van der Waals surface area contributed by atoms with Crippen LogP contribution < -0.4 is 5.32 Å². The molecule has 0 radical (unpaired) electrons. The molecule has 5 heteroatoms. The summed E-state index contributed by atoms with van der Waals surface area (Å²) in [5.41, 5.74) is 16.5. The fourth-order valence-electron chi connectivity index (χ4n) is 9.42. The average Bonchev–Trinajstić information content (AvgIpc) is 3.84. The quantitative estimate of drug-likeness (QED) is 0.163. The highest BCUT2D eigenvalue weighted by atomic mass is 19.1. The number of aromatic nitrogens is 2. The molecule has 61 heavy (non-hydrogen) atoms. The van der Waals surface area contributed by atoms with Gasteiger partial charge < -0.3 is 9.13 Å². The molecule has 4 nitrogen and oxygen atoms in total. The van der Waals surface area contributed by atoms with E-state index in [1.807, 2.05) is 12.1 Å². The lowest BCUT2D eigenvalue weighted by molar-refractivity contribution is -0.617. The minimum Gasteiger partial charge on any atom is -0.309 e. The van der Waals surface area contributed by atoms with Gasteiger partial charge in [-0.3, -0.25) is 5.32 Å². The summed E-state index contributed by atoms with van der Waals surface area (Å²) >= 11 is 0. The molecule has 3 heterocycles. The first-order valence-electron chi connectivity index (χ1n) is 20.8. The number of nitrogens with zero attached hydrogens (tertiary/aromatic N) is 3. The Morgan fingerprint density at radius 3 is 1.77 bits per heavy atom. The monoisotopic (exact) mass is 785 g/mol. The number of rotatable bonds is 6. The Kier molecular flexibility index (Phi) is 8.15. The van der Waals surface area contributed by atoms with Gasteiger partial charge in [0.15, 0.2) is 0 Å². The Morgan fingerprint density at radius 2 is 0.984 bits per heavy atom. The van der Waals surface area contributed by atoms with E-state index >= 15 is 0 Å². The third-order valence-corrected chi connectivity index (χ3v) is 12.3. The van der Waals surface area contributed by atoms with Gasteiger partial charge >= 0.3 is 0 Å². The number of para-hydroxylation sites is 3. The summed E-state index contributed by atoms with van der Waals surface area (Å²) in [6.07, 6.45) is -0.120. The lowest BCUT2D eigenvalue weighted by atomic mass is 9.95. The summed E-state index contributed by atoms with van der Waals surface area (Å²) in [6.45, 7) is 0. The SMILES string of the molecule is Fc1cccc(-n2c3ccccc3c3ccc(-c4ccc5c(c4)c4ccccc4n5-c4ccc(C5N=C(c6ccc(-c7ccccc7)cc6)c6ccccc6[NH2+]5)cc4)cc32)c1. The van der Waals surface area contributed by atoms with Crippen LogP contribution in [0.1, 0.15) is 22.9 Å². The van der Waals surface area contributed by atoms with Gasteiger partial charge in [-0.25, -0.2) is 9.38 Å². The van der Waals surface area contributed by atoms with Crippen LogP contribution in [0.25, 0.3) is 77.2 Å². The molecule has 0 fully saturated rings. The lowest BCUT2D eigenvalue weighted by Crippen LogP contribution is -2.80. The molecule has 0 aliphatic carbocycles. The number of hydrogen-bond acceptors (Lipinski definition) is 1. The predicted octanol–water partition coefficient (Wildman–Crippen LogP) is 13.1. The molecule has 0 saturated carbocycles. The van der Waals surface area contributed by atoms with Crippen molar-refractivity contribution in [3.8, 4) is 33.6 Å². The van der Waals surface area contributed by atoms with Crippen molar-refractivity contribution in [2.24, 2.45) is 4.99 Å². The van der Waals surface area contributed by atoms with Crippen LogP contribution in [0.3, 0.4) is 0 Å². The van der Waals surface area contributed by atoms with Crippen molar-refractivity contribution in [1.82, 2.24) is 9.13 Å². The fraction of sp³-hybridized carbons (Fsp3) is 0.0179. The maximum Gasteiger partial charge on any atom is 0.211 e. The Balaban J connectivity index is 0.917. The Labute approximate surface area is 352 Å². The molecule has 1 aliphatic heterocycles. The molecule has 1 atom stereocenters. The minimum atomic E-state index is -0.252. The highest BCUT2D eigenvalue weighted by Gasteiger charge is 2.27. The second-order valence-electron chi connectivity index (χ2n) is 15.9. The minimum absolute atomic E-state index is 0.120. The molecular formula is C56H38FN4+. The Bertz CT molecular complexity index is 3500. The number of halogens is 1. The molecule has 9 aromatic carbocycles. The first-order chi connectivity index (χ1) is 30.1. The van der Waals surface area contributed by atoms with E-state index in [2.05, 4.69) is 196 Å². The van der Waals surface area contributed by atoms with Crippen molar-refractivity contribution < 1.29 is 9.71 Å². The number of quaternary nitrogens is 1. The number of nitrogens with two attached hydrogens (primary N) is 1. The second kappa shape index (κ2) is 14.2. The average molecular weight is 786 g/mol. The number of hydrogen-bond donors (Lipinski definition) is 1. The van der Waals surface area contributed by atoms with Crippen LogP contribution in [0.5, 0.6) is 0 Å². The molecule has 1 aliphatic rings. The number of fused-ring (bicyclic) bond motifs is 7. The molecule has 2 aromatic heterocycles. The van der Waals surface area contributed by atoms with Crippen molar-refractivity contribution in [1.29, 1.82) is 0 Å². The van der Waals surface area contributed by atoms with E-state index < -0.39 is 0 Å². The number of aliphatic imine (C=N–C) groups is 1. The van der Waals surface area contributed by atoms with Crippen LogP contribution in [-0.2, 0) is 0 Å². The summed E-state index contributed by atoms with van der Waals surface area (Å²) in [4.78, 5) is 5.39. The standard InChI is InChI=1S/C56H37FN4/c57-42-13-10-14-44(35-42)61-51-19-8-5-15-45(51)47-31-27-41(34-54(47)61)40-28-32-53-49(33-40)46-16-6-9-20-52(46)60(53)43-29-25-39(26-30-43)56-58-50-18-7-4-17-48(50)55(59-56)38-23-21-37(22-24-38)36-11-2-1-3-12-36/h1-35,56,58H/p+1. The van der Waals surface area contributed by atoms with Gasteiger partial charge in [0.05, 0.1) is 33.3 Å². The molecule has 12 rings (SSSR count). The normalized spacial score (nSPS) is 13.9. The van der Waals surface area contributed by atoms with Crippen LogP contribution in [0, 0.1) is 5.82 Å². The topological polar surface area (TPSA) is 38.8 Å². The molecule has 288 valence electrons. The molecule has 11 aromatic rings. The van der Waals surface area contributed by atoms with Crippen LogP contribution in [0.2, 0.25) is 0 Å². The van der Waals surface area contributed by atoms with Crippen molar-refractivity contribution in [2.75, 3.05) is 0 Å². The maximum atomic E-state index is 14.6. The summed E-state index contributed by atoms with van der Waals surface area (Å²) in [5.74, 6) is -0.252. The molecule has 0 spiro atoms. The smallest absolute Gasteiger partial charge is 0.211 e. The van der Waals surface area contributed by atoms with Gasteiger partial charge in [0.25, 0.3) is 0 Å². The van der Waals surface area contributed by atoms with Crippen LogP contribution in [0.15, 0.2) is 217 Å². The molecule has 0 bridgehead atoms. The first kappa shape index (κ1) is 35.1. The van der Waals surface area contributed by atoms with Gasteiger partial charge in [-0.15, -0.1) is 0 Å². The van der Waals surface area contributed by atoms with E-state index in [1.165, 1.54) is 33.7 Å². The molecule has 0 amide bonds. The van der Waals surface area contributed by atoms with Gasteiger partial charge in [0.2, 0.25) is 6.17 Å².